The van der Waals surface area contributed by atoms with Crippen LogP contribution in [0.1, 0.15) is 39.1 Å². The number of thiazole rings is 1. The van der Waals surface area contributed by atoms with Crippen LogP contribution in [0.25, 0.3) is 53.7 Å². The van der Waals surface area contributed by atoms with Gasteiger partial charge >= 0.3 is 0 Å². The van der Waals surface area contributed by atoms with Crippen LogP contribution in [0.4, 0.5) is 0 Å². The quantitative estimate of drug-likeness (QED) is 0.105. The molecule has 0 saturated carbocycles. The summed E-state index contributed by atoms with van der Waals surface area (Å²) < 4.78 is 3.72. The van der Waals surface area contributed by atoms with Gasteiger partial charge in [-0.25, -0.2) is 0 Å². The van der Waals surface area contributed by atoms with E-state index in [0.29, 0.717) is 0 Å². The molecular weight excluding hydrogens is 651 g/mol. The van der Waals surface area contributed by atoms with Crippen LogP contribution in [0.2, 0.25) is 0 Å². The topological polar surface area (TPSA) is 3.88 Å². The lowest BCUT2D eigenvalue weighted by atomic mass is 9.85. The van der Waals surface area contributed by atoms with Gasteiger partial charge < -0.3 is 0 Å². The number of rotatable bonds is 9. The Morgan fingerprint density at radius 1 is 0.469 bits per heavy atom. The number of para-hydroxylation sites is 1. The lowest BCUT2D eigenvalue weighted by molar-refractivity contribution is -0.665. The van der Waals surface area contributed by atoms with Crippen LogP contribution in [0, 0.1) is 0 Å². The van der Waals surface area contributed by atoms with Gasteiger partial charge in [0, 0.05) is 31.7 Å². The van der Waals surface area contributed by atoms with Crippen molar-refractivity contribution < 1.29 is 4.57 Å². The molecule has 1 nitrogen and oxygen atoms in total. The second kappa shape index (κ2) is 14.2. The minimum Gasteiger partial charge on any atom is -0.182 e. The third-order valence-corrected chi connectivity index (χ3v) is 12.2. The molecule has 8 aromatic rings. The highest BCUT2D eigenvalue weighted by Gasteiger charge is 2.18. The molecule has 0 bridgehead atoms. The smallest absolute Gasteiger partial charge is 0.182 e. The van der Waals surface area contributed by atoms with Crippen LogP contribution in [-0.2, 0) is 6.54 Å². The van der Waals surface area contributed by atoms with Crippen molar-refractivity contribution in [1.29, 1.82) is 0 Å². The van der Waals surface area contributed by atoms with Gasteiger partial charge in [-0.05, 0) is 82.3 Å². The molecule has 49 heavy (non-hydrogen) atoms. The van der Waals surface area contributed by atoms with Crippen LogP contribution < -0.4 is 4.57 Å². The fourth-order valence-corrected chi connectivity index (χ4v) is 9.52. The molecule has 8 rings (SSSR count). The van der Waals surface area contributed by atoms with Crippen molar-refractivity contribution in [2.24, 2.45) is 0 Å². The highest BCUT2D eigenvalue weighted by molar-refractivity contribution is 7.24. The number of aromatic nitrogens is 1. The Morgan fingerprint density at radius 3 is 1.59 bits per heavy atom. The Hall–Kier alpha value is -5.13. The number of benzene rings is 5. The average Bonchev–Trinajstić information content (AvgIpc) is 3.93. The molecule has 0 aliphatic carbocycles. The zero-order valence-electron chi connectivity index (χ0n) is 27.1. The van der Waals surface area contributed by atoms with Gasteiger partial charge in [0.2, 0.25) is 5.52 Å². The maximum Gasteiger partial charge on any atom is 0.262 e. The first-order valence-electron chi connectivity index (χ1n) is 16.6. The molecule has 5 aromatic carbocycles. The summed E-state index contributed by atoms with van der Waals surface area (Å²) in [6, 6.07) is 59.1. The first-order valence-corrected chi connectivity index (χ1v) is 19.0. The summed E-state index contributed by atoms with van der Waals surface area (Å²) >= 11 is 5.56. The summed E-state index contributed by atoms with van der Waals surface area (Å²) in [5, 5.41) is 1.28. The molecule has 3 aromatic heterocycles. The summed E-state index contributed by atoms with van der Waals surface area (Å²) in [4.78, 5) is 5.14. The zero-order chi connectivity index (χ0) is 33.0. The molecule has 0 spiro atoms. The second-order valence-electron chi connectivity index (χ2n) is 11.8. The lowest BCUT2D eigenvalue weighted by Gasteiger charge is -2.18. The number of nitrogens with zero attached hydrogens (tertiary/aromatic N) is 1. The Morgan fingerprint density at radius 2 is 0.980 bits per heavy atom. The van der Waals surface area contributed by atoms with E-state index in [1.807, 2.05) is 34.0 Å². The van der Waals surface area contributed by atoms with E-state index in [9.17, 15) is 0 Å². The molecule has 0 N–H and O–H groups in total. The highest BCUT2D eigenvalue weighted by atomic mass is 32.1. The van der Waals surface area contributed by atoms with Crippen molar-refractivity contribution in [2.45, 2.75) is 13.5 Å². The van der Waals surface area contributed by atoms with Crippen molar-refractivity contribution in [3.05, 3.63) is 196 Å². The third kappa shape index (κ3) is 6.51. The first-order chi connectivity index (χ1) is 24.2. The van der Waals surface area contributed by atoms with Crippen LogP contribution in [-0.4, -0.2) is 0 Å². The molecule has 0 fully saturated rings. The van der Waals surface area contributed by atoms with Gasteiger partial charge in [-0.2, -0.15) is 4.57 Å². The number of aryl methyl sites for hydroxylation is 1. The molecule has 0 aliphatic heterocycles. The molecule has 0 aliphatic rings. The van der Waals surface area contributed by atoms with Gasteiger partial charge in [0.15, 0.2) is 0 Å². The standard InChI is InChI=1S/C45H34NS3/c1-2-46-38-20-12-13-21-40(38)49-43(46)31-27-37-26-28-41(47-37)42-30-29-39(48-42)32-22-24-36(25-23-32)45(35-18-10-5-11-19-35)44(33-14-6-3-7-15-33)34-16-8-4-9-17-34/h3-31H,2H2,1H3/q+1/b31-27+. The Kier molecular flexibility index (Phi) is 9.00. The van der Waals surface area contributed by atoms with Gasteiger partial charge in [-0.15, -0.1) is 22.7 Å². The monoisotopic (exact) mass is 684 g/mol. The number of fused-ring (bicyclic) bond motifs is 1. The van der Waals surface area contributed by atoms with E-state index in [1.165, 1.54) is 73.7 Å². The molecule has 4 heteroatoms. The molecule has 0 amide bonds. The first kappa shape index (κ1) is 31.2. The van der Waals surface area contributed by atoms with Gasteiger partial charge in [-0.3, -0.25) is 0 Å². The molecule has 3 heterocycles. The van der Waals surface area contributed by atoms with Gasteiger partial charge in [-0.1, -0.05) is 139 Å². The van der Waals surface area contributed by atoms with Crippen molar-refractivity contribution >= 4 is 67.5 Å². The van der Waals surface area contributed by atoms with Crippen LogP contribution in [0.5, 0.6) is 0 Å². The fraction of sp³-hybridized carbons (Fsp3) is 0.0444. The average molecular weight is 685 g/mol. The Bertz CT molecular complexity index is 2350. The van der Waals surface area contributed by atoms with E-state index < -0.39 is 0 Å². The number of thiophene rings is 2. The summed E-state index contributed by atoms with van der Waals surface area (Å²) in [5.41, 5.74) is 9.83. The predicted molar refractivity (Wildman–Crippen MR) is 214 cm³/mol. The van der Waals surface area contributed by atoms with Crippen molar-refractivity contribution in [3.8, 4) is 20.2 Å². The normalized spacial score (nSPS) is 11.4. The largest absolute Gasteiger partial charge is 0.262 e. The van der Waals surface area contributed by atoms with Crippen molar-refractivity contribution in [3.63, 3.8) is 0 Å². The fourth-order valence-electron chi connectivity index (χ4n) is 6.38. The maximum absolute atomic E-state index is 2.39. The molecule has 0 saturated heterocycles. The van der Waals surface area contributed by atoms with E-state index in [-0.39, 0.29) is 0 Å². The highest BCUT2D eigenvalue weighted by Crippen LogP contribution is 2.40. The van der Waals surface area contributed by atoms with Crippen molar-refractivity contribution in [1.82, 2.24) is 0 Å². The van der Waals surface area contributed by atoms with E-state index >= 15 is 0 Å². The molecule has 0 unspecified atom stereocenters. The van der Waals surface area contributed by atoms with Gasteiger partial charge in [0.1, 0.15) is 11.2 Å². The maximum atomic E-state index is 2.39. The van der Waals surface area contributed by atoms with Crippen LogP contribution >= 0.6 is 34.0 Å². The molecule has 236 valence electrons. The van der Waals surface area contributed by atoms with Gasteiger partial charge in [0.05, 0.1) is 0 Å². The Balaban J connectivity index is 1.10. The van der Waals surface area contributed by atoms with E-state index in [1.54, 1.807) is 0 Å². The summed E-state index contributed by atoms with van der Waals surface area (Å²) in [6.07, 6.45) is 4.53. The van der Waals surface area contributed by atoms with Crippen molar-refractivity contribution in [2.75, 3.05) is 0 Å². The number of hydrogen-bond donors (Lipinski definition) is 0. The van der Waals surface area contributed by atoms with E-state index in [2.05, 4.69) is 187 Å². The molecule has 0 radical (unpaired) electrons. The lowest BCUT2D eigenvalue weighted by Crippen LogP contribution is -2.33. The molecule has 0 atom stereocenters. The predicted octanol–water partition coefficient (Wildman–Crippen LogP) is 12.8. The molecular formula is C45H34NS3+. The minimum atomic E-state index is 0.962. The van der Waals surface area contributed by atoms with E-state index in [0.717, 1.165) is 6.54 Å². The van der Waals surface area contributed by atoms with Gasteiger partial charge in [0.25, 0.3) is 5.01 Å². The Labute approximate surface area is 300 Å². The second-order valence-corrected chi connectivity index (χ2v) is 15.0. The van der Waals surface area contributed by atoms with E-state index in [4.69, 9.17) is 0 Å². The minimum absolute atomic E-state index is 0.962. The summed E-state index contributed by atoms with van der Waals surface area (Å²) in [6.45, 7) is 3.18. The van der Waals surface area contributed by atoms with Crippen LogP contribution in [0.3, 0.4) is 0 Å². The zero-order valence-corrected chi connectivity index (χ0v) is 29.6. The number of hydrogen-bond acceptors (Lipinski definition) is 3. The summed E-state index contributed by atoms with van der Waals surface area (Å²) in [5.74, 6) is 0. The SMILES string of the molecule is CC[n+]1c(/C=C/c2ccc(-c3ccc(-c4ccc(C(=C(c5ccccc5)c5ccccc5)c5ccccc5)cc4)s3)s2)sc2ccccc21. The van der Waals surface area contributed by atoms with Crippen LogP contribution in [0.15, 0.2) is 164 Å². The third-order valence-electron chi connectivity index (χ3n) is 8.71. The summed E-state index contributed by atoms with van der Waals surface area (Å²) in [7, 11) is 0.